The van der Waals surface area contributed by atoms with Gasteiger partial charge in [0, 0.05) is 17.6 Å². The molecule has 0 spiro atoms. The molecular weight excluding hydrogens is 220 g/mol. The van der Waals surface area contributed by atoms with Crippen LogP contribution in [0, 0.1) is 6.92 Å². The zero-order chi connectivity index (χ0) is 11.4. The second kappa shape index (κ2) is 5.27. The van der Waals surface area contributed by atoms with Crippen molar-refractivity contribution >= 4 is 11.3 Å². The van der Waals surface area contributed by atoms with E-state index in [1.807, 2.05) is 25.3 Å². The predicted octanol–water partition coefficient (Wildman–Crippen LogP) is 2.94. The molecule has 2 rings (SSSR count). The Labute approximate surface area is 99.5 Å². The van der Waals surface area contributed by atoms with Crippen LogP contribution in [-0.4, -0.2) is 11.5 Å². The molecule has 0 fully saturated rings. The van der Waals surface area contributed by atoms with Gasteiger partial charge in [-0.15, -0.1) is 11.3 Å². The minimum atomic E-state index is 0.268. The number of nitrogens with zero attached hydrogens (tertiary/aromatic N) is 1. The first-order chi connectivity index (χ1) is 7.75. The molecule has 0 aliphatic rings. The van der Waals surface area contributed by atoms with Crippen LogP contribution in [0.3, 0.4) is 0 Å². The number of thiazole rings is 1. The average Bonchev–Trinajstić information content (AvgIpc) is 2.89. The maximum absolute atomic E-state index is 5.33. The van der Waals surface area contributed by atoms with Crippen LogP contribution < -0.4 is 5.32 Å². The van der Waals surface area contributed by atoms with E-state index in [1.54, 1.807) is 17.6 Å². The van der Waals surface area contributed by atoms with E-state index in [-0.39, 0.29) is 6.04 Å². The molecule has 0 saturated heterocycles. The summed E-state index contributed by atoms with van der Waals surface area (Å²) in [5, 5.41) is 4.56. The van der Waals surface area contributed by atoms with E-state index in [4.69, 9.17) is 4.42 Å². The second-order valence-corrected chi connectivity index (χ2v) is 5.11. The Morgan fingerprint density at radius 1 is 1.56 bits per heavy atom. The fourth-order valence-electron chi connectivity index (χ4n) is 1.57. The van der Waals surface area contributed by atoms with Crippen LogP contribution in [0.5, 0.6) is 0 Å². The molecule has 86 valence electrons. The quantitative estimate of drug-likeness (QED) is 0.867. The standard InChI is InChI=1S/C12H16N2OS/c1-9(12-4-3-7-15-12)13-6-5-11-8-14-10(2)16-11/h3-4,7-9,13H,5-6H2,1-2H3. The zero-order valence-electron chi connectivity index (χ0n) is 9.56. The molecule has 1 N–H and O–H groups in total. The number of aryl methyl sites for hydroxylation is 1. The Kier molecular flexibility index (Phi) is 3.74. The van der Waals surface area contributed by atoms with Gasteiger partial charge in [-0.1, -0.05) is 0 Å². The number of rotatable bonds is 5. The third kappa shape index (κ3) is 2.93. The number of furan rings is 1. The van der Waals surface area contributed by atoms with Crippen molar-refractivity contribution in [3.8, 4) is 0 Å². The smallest absolute Gasteiger partial charge is 0.120 e. The summed E-state index contributed by atoms with van der Waals surface area (Å²) >= 11 is 1.76. The van der Waals surface area contributed by atoms with Gasteiger partial charge in [0.05, 0.1) is 17.3 Å². The molecule has 16 heavy (non-hydrogen) atoms. The highest BCUT2D eigenvalue weighted by atomic mass is 32.1. The lowest BCUT2D eigenvalue weighted by atomic mass is 10.2. The van der Waals surface area contributed by atoms with Crippen LogP contribution in [0.4, 0.5) is 0 Å². The summed E-state index contributed by atoms with van der Waals surface area (Å²) in [6.45, 7) is 5.09. The summed E-state index contributed by atoms with van der Waals surface area (Å²) in [4.78, 5) is 5.57. The highest BCUT2D eigenvalue weighted by Crippen LogP contribution is 2.14. The molecule has 1 atom stereocenters. The van der Waals surface area contributed by atoms with Crippen LogP contribution in [0.25, 0.3) is 0 Å². The van der Waals surface area contributed by atoms with E-state index in [2.05, 4.69) is 17.2 Å². The lowest BCUT2D eigenvalue weighted by molar-refractivity contribution is 0.433. The molecule has 0 aliphatic carbocycles. The maximum atomic E-state index is 5.33. The van der Waals surface area contributed by atoms with Gasteiger partial charge in [0.2, 0.25) is 0 Å². The Morgan fingerprint density at radius 2 is 2.44 bits per heavy atom. The van der Waals surface area contributed by atoms with Gasteiger partial charge >= 0.3 is 0 Å². The predicted molar refractivity (Wildman–Crippen MR) is 65.7 cm³/mol. The van der Waals surface area contributed by atoms with E-state index in [9.17, 15) is 0 Å². The molecule has 3 nitrogen and oxygen atoms in total. The Morgan fingerprint density at radius 3 is 3.06 bits per heavy atom. The normalized spacial score (nSPS) is 12.9. The summed E-state index contributed by atoms with van der Waals surface area (Å²) in [5.41, 5.74) is 0. The lowest BCUT2D eigenvalue weighted by Crippen LogP contribution is -2.20. The van der Waals surface area contributed by atoms with Crippen molar-refractivity contribution < 1.29 is 4.42 Å². The van der Waals surface area contributed by atoms with Crippen molar-refractivity contribution in [1.29, 1.82) is 0 Å². The Balaban J connectivity index is 1.76. The van der Waals surface area contributed by atoms with Crippen molar-refractivity contribution in [2.24, 2.45) is 0 Å². The number of hydrogen-bond acceptors (Lipinski definition) is 4. The molecule has 2 aromatic rings. The summed E-state index contributed by atoms with van der Waals surface area (Å²) < 4.78 is 5.33. The van der Waals surface area contributed by atoms with E-state index < -0.39 is 0 Å². The molecule has 0 saturated carbocycles. The molecule has 0 aliphatic heterocycles. The molecule has 0 bridgehead atoms. The Hall–Kier alpha value is -1.13. The van der Waals surface area contributed by atoms with Crippen molar-refractivity contribution in [3.05, 3.63) is 40.2 Å². The van der Waals surface area contributed by atoms with Crippen LogP contribution in [-0.2, 0) is 6.42 Å². The molecule has 1 unspecified atom stereocenters. The molecule has 2 heterocycles. The van der Waals surface area contributed by atoms with Crippen LogP contribution in [0.2, 0.25) is 0 Å². The van der Waals surface area contributed by atoms with Gasteiger partial charge in [-0.25, -0.2) is 4.98 Å². The lowest BCUT2D eigenvalue weighted by Gasteiger charge is -2.10. The first-order valence-electron chi connectivity index (χ1n) is 5.44. The maximum Gasteiger partial charge on any atom is 0.120 e. The minimum absolute atomic E-state index is 0.268. The molecular formula is C12H16N2OS. The van der Waals surface area contributed by atoms with Gasteiger partial charge in [-0.2, -0.15) is 0 Å². The van der Waals surface area contributed by atoms with Crippen molar-refractivity contribution in [3.63, 3.8) is 0 Å². The van der Waals surface area contributed by atoms with Gasteiger partial charge in [0.1, 0.15) is 5.76 Å². The van der Waals surface area contributed by atoms with Crippen molar-refractivity contribution in [1.82, 2.24) is 10.3 Å². The van der Waals surface area contributed by atoms with Crippen LogP contribution in [0.15, 0.2) is 29.0 Å². The van der Waals surface area contributed by atoms with Gasteiger partial charge in [0.15, 0.2) is 0 Å². The van der Waals surface area contributed by atoms with Gasteiger partial charge < -0.3 is 9.73 Å². The molecule has 0 radical (unpaired) electrons. The molecule has 0 amide bonds. The van der Waals surface area contributed by atoms with Crippen LogP contribution >= 0.6 is 11.3 Å². The third-order valence-electron chi connectivity index (χ3n) is 2.46. The molecule has 0 aromatic carbocycles. The number of nitrogens with one attached hydrogen (secondary N) is 1. The summed E-state index contributed by atoms with van der Waals surface area (Å²) in [6, 6.07) is 4.18. The molecule has 4 heteroatoms. The van der Waals surface area contributed by atoms with Gasteiger partial charge in [-0.3, -0.25) is 0 Å². The largest absolute Gasteiger partial charge is 0.468 e. The van der Waals surface area contributed by atoms with Gasteiger partial charge in [-0.05, 0) is 32.4 Å². The Bertz CT molecular complexity index is 422. The van der Waals surface area contributed by atoms with E-state index in [0.717, 1.165) is 23.7 Å². The third-order valence-corrected chi connectivity index (χ3v) is 3.43. The van der Waals surface area contributed by atoms with Crippen molar-refractivity contribution in [2.45, 2.75) is 26.3 Å². The molecule has 2 aromatic heterocycles. The highest BCUT2D eigenvalue weighted by Gasteiger charge is 2.07. The zero-order valence-corrected chi connectivity index (χ0v) is 10.4. The number of aromatic nitrogens is 1. The highest BCUT2D eigenvalue weighted by molar-refractivity contribution is 7.11. The average molecular weight is 236 g/mol. The second-order valence-electron chi connectivity index (χ2n) is 3.79. The van der Waals surface area contributed by atoms with E-state index >= 15 is 0 Å². The SMILES string of the molecule is Cc1ncc(CCNC(C)c2ccco2)s1. The number of hydrogen-bond donors (Lipinski definition) is 1. The van der Waals surface area contributed by atoms with E-state index in [1.165, 1.54) is 4.88 Å². The first kappa shape index (κ1) is 11.4. The topological polar surface area (TPSA) is 38.1 Å². The fraction of sp³-hybridized carbons (Fsp3) is 0.417. The minimum Gasteiger partial charge on any atom is -0.468 e. The summed E-state index contributed by atoms with van der Waals surface area (Å²) in [7, 11) is 0. The summed E-state index contributed by atoms with van der Waals surface area (Å²) in [5.74, 6) is 0.987. The van der Waals surface area contributed by atoms with Crippen molar-refractivity contribution in [2.75, 3.05) is 6.54 Å². The van der Waals surface area contributed by atoms with Crippen LogP contribution in [0.1, 0.15) is 28.6 Å². The fourth-order valence-corrected chi connectivity index (χ4v) is 2.37. The summed E-state index contributed by atoms with van der Waals surface area (Å²) in [6.07, 6.45) is 4.69. The first-order valence-corrected chi connectivity index (χ1v) is 6.25. The monoisotopic (exact) mass is 236 g/mol. The van der Waals surface area contributed by atoms with Gasteiger partial charge in [0.25, 0.3) is 0 Å². The van der Waals surface area contributed by atoms with E-state index in [0.29, 0.717) is 0 Å².